The van der Waals surface area contributed by atoms with Crippen LogP contribution in [0.3, 0.4) is 0 Å². The smallest absolute Gasteiger partial charge is 0.133 e. The number of nitriles is 1. The van der Waals surface area contributed by atoms with E-state index in [0.29, 0.717) is 18.7 Å². The van der Waals surface area contributed by atoms with Crippen LogP contribution in [0.1, 0.15) is 17.0 Å². The molecule has 0 spiro atoms. The first kappa shape index (κ1) is 13.2. The van der Waals surface area contributed by atoms with E-state index >= 15 is 0 Å². The number of nitrogens with zero attached hydrogens (tertiary/aromatic N) is 4. The molecule has 0 aliphatic carbocycles. The van der Waals surface area contributed by atoms with Crippen LogP contribution in [0.15, 0.2) is 24.5 Å². The molecule has 0 fully saturated rings. The van der Waals surface area contributed by atoms with Crippen molar-refractivity contribution in [1.82, 2.24) is 20.1 Å². The van der Waals surface area contributed by atoms with E-state index in [-0.39, 0.29) is 5.82 Å². The summed E-state index contributed by atoms with van der Waals surface area (Å²) in [6.07, 6.45) is 2.40. The molecule has 0 saturated heterocycles. The summed E-state index contributed by atoms with van der Waals surface area (Å²) in [5, 5.41) is 19.7. The number of hydrogen-bond donors (Lipinski definition) is 1. The van der Waals surface area contributed by atoms with Crippen LogP contribution >= 0.6 is 0 Å². The molecule has 0 aliphatic rings. The molecule has 0 saturated carbocycles. The largest absolute Gasteiger partial charge is 0.321 e. The molecule has 0 atom stereocenters. The van der Waals surface area contributed by atoms with E-state index in [1.54, 1.807) is 12.4 Å². The highest BCUT2D eigenvalue weighted by molar-refractivity contribution is 5.33. The zero-order valence-corrected chi connectivity index (χ0v) is 10.6. The molecule has 1 aromatic carbocycles. The van der Waals surface area contributed by atoms with Crippen LogP contribution in [0.5, 0.6) is 0 Å². The van der Waals surface area contributed by atoms with E-state index in [1.165, 1.54) is 12.1 Å². The van der Waals surface area contributed by atoms with Gasteiger partial charge < -0.3 is 9.88 Å². The molecular formula is C13H14FN5. The Labute approximate surface area is 110 Å². The van der Waals surface area contributed by atoms with Gasteiger partial charge in [0.05, 0.1) is 11.6 Å². The van der Waals surface area contributed by atoms with E-state index in [9.17, 15) is 4.39 Å². The van der Waals surface area contributed by atoms with Crippen molar-refractivity contribution < 1.29 is 4.39 Å². The monoisotopic (exact) mass is 259 g/mol. The molecule has 1 aromatic heterocycles. The van der Waals surface area contributed by atoms with E-state index < -0.39 is 0 Å². The lowest BCUT2D eigenvalue weighted by Crippen LogP contribution is -2.18. The van der Waals surface area contributed by atoms with Gasteiger partial charge in [0, 0.05) is 26.6 Å². The van der Waals surface area contributed by atoms with Gasteiger partial charge in [0.2, 0.25) is 0 Å². The third-order valence-electron chi connectivity index (χ3n) is 2.75. The first-order valence-electron chi connectivity index (χ1n) is 5.92. The van der Waals surface area contributed by atoms with Gasteiger partial charge in [-0.2, -0.15) is 5.26 Å². The number of aryl methyl sites for hydroxylation is 1. The minimum Gasteiger partial charge on any atom is -0.321 e. The summed E-state index contributed by atoms with van der Waals surface area (Å²) in [4.78, 5) is 0. The molecule has 19 heavy (non-hydrogen) atoms. The van der Waals surface area contributed by atoms with Crippen LogP contribution in [0.4, 0.5) is 4.39 Å². The Morgan fingerprint density at radius 2 is 2.26 bits per heavy atom. The van der Waals surface area contributed by atoms with Gasteiger partial charge in [-0.15, -0.1) is 10.2 Å². The zero-order chi connectivity index (χ0) is 13.7. The van der Waals surface area contributed by atoms with Crippen LogP contribution in [0.2, 0.25) is 0 Å². The Hall–Kier alpha value is -2.26. The maximum Gasteiger partial charge on any atom is 0.133 e. The average molecular weight is 259 g/mol. The lowest BCUT2D eigenvalue weighted by molar-refractivity contribution is 0.616. The summed E-state index contributed by atoms with van der Waals surface area (Å²) in [5.41, 5.74) is 1.10. The molecule has 2 aromatic rings. The quantitative estimate of drug-likeness (QED) is 0.818. The second-order valence-corrected chi connectivity index (χ2v) is 4.24. The number of nitrogens with one attached hydrogen (secondary N) is 1. The molecule has 1 N–H and O–H groups in total. The lowest BCUT2D eigenvalue weighted by Gasteiger charge is -2.05. The normalized spacial score (nSPS) is 10.4. The average Bonchev–Trinajstić information content (AvgIpc) is 2.80. The second kappa shape index (κ2) is 6.07. The fraction of sp³-hybridized carbons (Fsp3) is 0.308. The van der Waals surface area contributed by atoms with Crippen molar-refractivity contribution in [2.75, 3.05) is 6.54 Å². The van der Waals surface area contributed by atoms with Gasteiger partial charge in [-0.1, -0.05) is 0 Å². The summed E-state index contributed by atoms with van der Waals surface area (Å²) in [6, 6.07) is 6.27. The molecule has 0 unspecified atom stereocenters. The van der Waals surface area contributed by atoms with Gasteiger partial charge in [-0.3, -0.25) is 0 Å². The van der Waals surface area contributed by atoms with E-state index in [0.717, 1.165) is 17.8 Å². The Balaban J connectivity index is 1.85. The zero-order valence-electron chi connectivity index (χ0n) is 10.6. The summed E-state index contributed by atoms with van der Waals surface area (Å²) in [6.45, 7) is 1.23. The first-order valence-corrected chi connectivity index (χ1v) is 5.92. The van der Waals surface area contributed by atoms with Crippen molar-refractivity contribution >= 4 is 0 Å². The molecule has 0 amide bonds. The Kier molecular flexibility index (Phi) is 4.21. The van der Waals surface area contributed by atoms with Gasteiger partial charge in [0.15, 0.2) is 0 Å². The molecule has 6 heteroatoms. The fourth-order valence-corrected chi connectivity index (χ4v) is 1.78. The van der Waals surface area contributed by atoms with Crippen molar-refractivity contribution in [2.24, 2.45) is 7.05 Å². The van der Waals surface area contributed by atoms with Crippen molar-refractivity contribution in [2.45, 2.75) is 13.0 Å². The first-order chi connectivity index (χ1) is 9.19. The molecule has 0 radical (unpaired) electrons. The summed E-state index contributed by atoms with van der Waals surface area (Å²) < 4.78 is 15.1. The van der Waals surface area contributed by atoms with Crippen LogP contribution in [-0.4, -0.2) is 21.3 Å². The maximum absolute atomic E-state index is 13.2. The SMILES string of the molecule is Cn1cnnc1CCNCc1cc(F)cc(C#N)c1. The lowest BCUT2D eigenvalue weighted by atomic mass is 10.1. The summed E-state index contributed by atoms with van der Waals surface area (Å²) in [7, 11) is 1.89. The molecule has 2 rings (SSSR count). The second-order valence-electron chi connectivity index (χ2n) is 4.24. The topological polar surface area (TPSA) is 66.5 Å². The number of hydrogen-bond acceptors (Lipinski definition) is 4. The summed E-state index contributed by atoms with van der Waals surface area (Å²) >= 11 is 0. The summed E-state index contributed by atoms with van der Waals surface area (Å²) in [5.74, 6) is 0.508. The van der Waals surface area contributed by atoms with E-state index in [1.807, 2.05) is 17.7 Å². The minimum atomic E-state index is -0.385. The molecular weight excluding hydrogens is 245 g/mol. The highest BCUT2D eigenvalue weighted by Gasteiger charge is 2.02. The molecule has 98 valence electrons. The van der Waals surface area contributed by atoms with Gasteiger partial charge in [0.1, 0.15) is 18.0 Å². The van der Waals surface area contributed by atoms with Crippen molar-refractivity contribution in [3.05, 3.63) is 47.3 Å². The van der Waals surface area contributed by atoms with Crippen LogP contribution in [-0.2, 0) is 20.0 Å². The molecule has 5 nitrogen and oxygen atoms in total. The van der Waals surface area contributed by atoms with Crippen molar-refractivity contribution in [1.29, 1.82) is 5.26 Å². The van der Waals surface area contributed by atoms with Gasteiger partial charge in [0.25, 0.3) is 0 Å². The highest BCUT2D eigenvalue weighted by atomic mass is 19.1. The minimum absolute atomic E-state index is 0.338. The number of rotatable bonds is 5. The molecule has 0 bridgehead atoms. The Bertz CT molecular complexity index is 599. The predicted molar refractivity (Wildman–Crippen MR) is 67.5 cm³/mol. The number of benzene rings is 1. The van der Waals surface area contributed by atoms with Crippen LogP contribution < -0.4 is 5.32 Å². The van der Waals surface area contributed by atoms with E-state index in [4.69, 9.17) is 5.26 Å². The maximum atomic E-state index is 13.2. The van der Waals surface area contributed by atoms with E-state index in [2.05, 4.69) is 15.5 Å². The fourth-order valence-electron chi connectivity index (χ4n) is 1.78. The molecule has 1 heterocycles. The van der Waals surface area contributed by atoms with Crippen LogP contribution in [0.25, 0.3) is 0 Å². The van der Waals surface area contributed by atoms with Crippen molar-refractivity contribution in [3.63, 3.8) is 0 Å². The van der Waals surface area contributed by atoms with Gasteiger partial charge >= 0.3 is 0 Å². The van der Waals surface area contributed by atoms with Gasteiger partial charge in [-0.25, -0.2) is 4.39 Å². The predicted octanol–water partition coefficient (Wildman–Crippen LogP) is 1.16. The van der Waals surface area contributed by atoms with Gasteiger partial charge in [-0.05, 0) is 23.8 Å². The Morgan fingerprint density at radius 1 is 1.42 bits per heavy atom. The third kappa shape index (κ3) is 3.60. The standard InChI is InChI=1S/C13H14FN5/c1-19-9-17-18-13(19)2-3-16-8-11-4-10(7-15)5-12(14)6-11/h4-6,9,16H,2-3,8H2,1H3. The third-order valence-corrected chi connectivity index (χ3v) is 2.75. The number of halogens is 1. The number of aromatic nitrogens is 3. The van der Waals surface area contributed by atoms with Crippen LogP contribution in [0, 0.1) is 17.1 Å². The molecule has 0 aliphatic heterocycles. The van der Waals surface area contributed by atoms with Crippen molar-refractivity contribution in [3.8, 4) is 6.07 Å². The Morgan fingerprint density at radius 3 is 2.95 bits per heavy atom. The highest BCUT2D eigenvalue weighted by Crippen LogP contribution is 2.08.